The van der Waals surface area contributed by atoms with Gasteiger partial charge in [0.2, 0.25) is 5.91 Å². The number of aliphatic hydroxyl groups is 1. The lowest BCUT2D eigenvalue weighted by atomic mass is 10.1. The minimum Gasteiger partial charge on any atom is -0.495 e. The molecule has 1 amide bonds. The summed E-state index contributed by atoms with van der Waals surface area (Å²) in [4.78, 5) is 14.5. The first-order chi connectivity index (χ1) is 11.1. The van der Waals surface area contributed by atoms with Gasteiger partial charge in [0.25, 0.3) is 0 Å². The summed E-state index contributed by atoms with van der Waals surface area (Å²) in [5, 5.41) is 12.4. The molecule has 0 spiro atoms. The molecule has 5 nitrogen and oxygen atoms in total. The molecule has 1 aromatic rings. The normalized spacial score (nSPS) is 18.1. The molecule has 0 bridgehead atoms. The fraction of sp³-hybridized carbons (Fsp3) is 0.588. The molecule has 128 valence electrons. The van der Waals surface area contributed by atoms with E-state index in [4.69, 9.17) is 21.4 Å². The first-order valence-electron chi connectivity index (χ1n) is 8.12. The number of hydrogen-bond acceptors (Lipinski definition) is 4. The second kappa shape index (κ2) is 9.11. The topological polar surface area (TPSA) is 61.8 Å². The van der Waals surface area contributed by atoms with Crippen LogP contribution in [0.25, 0.3) is 0 Å². The monoisotopic (exact) mass is 340 g/mol. The summed E-state index contributed by atoms with van der Waals surface area (Å²) >= 11 is 5.97. The second-order valence-electron chi connectivity index (χ2n) is 5.84. The number of amides is 1. The Labute approximate surface area is 142 Å². The number of nitrogens with zero attached hydrogens (tertiary/aromatic N) is 1. The van der Waals surface area contributed by atoms with Crippen molar-refractivity contribution >= 4 is 23.2 Å². The van der Waals surface area contributed by atoms with Crippen LogP contribution >= 0.6 is 11.6 Å². The number of carbonyl (C=O) groups excluding carboxylic acids is 1. The fourth-order valence-electron chi connectivity index (χ4n) is 3.08. The van der Waals surface area contributed by atoms with Crippen molar-refractivity contribution in [1.29, 1.82) is 0 Å². The molecule has 1 aromatic carbocycles. The van der Waals surface area contributed by atoms with E-state index in [-0.39, 0.29) is 12.5 Å². The van der Waals surface area contributed by atoms with Crippen LogP contribution in [0, 0.1) is 0 Å². The highest BCUT2D eigenvalue weighted by Crippen LogP contribution is 2.28. The number of rotatable bonds is 8. The zero-order valence-electron chi connectivity index (χ0n) is 13.6. The van der Waals surface area contributed by atoms with Crippen molar-refractivity contribution in [3.05, 3.63) is 23.2 Å². The maximum Gasteiger partial charge on any atom is 0.225 e. The van der Waals surface area contributed by atoms with Crippen molar-refractivity contribution in [1.82, 2.24) is 4.90 Å². The fourth-order valence-corrected chi connectivity index (χ4v) is 3.25. The maximum atomic E-state index is 12.2. The number of halogens is 1. The van der Waals surface area contributed by atoms with Crippen molar-refractivity contribution in [2.75, 3.05) is 32.1 Å². The first-order valence-corrected chi connectivity index (χ1v) is 8.50. The molecular formula is C17H25ClN2O3. The number of carbonyl (C=O) groups is 1. The first kappa shape index (κ1) is 18.0. The highest BCUT2D eigenvalue weighted by Gasteiger charge is 2.24. The lowest BCUT2D eigenvalue weighted by molar-refractivity contribution is -0.116. The molecule has 0 radical (unpaired) electrons. The second-order valence-corrected chi connectivity index (χ2v) is 6.28. The van der Waals surface area contributed by atoms with Crippen LogP contribution in [0.1, 0.15) is 32.1 Å². The van der Waals surface area contributed by atoms with Crippen molar-refractivity contribution in [3.8, 4) is 5.75 Å². The maximum absolute atomic E-state index is 12.2. The predicted octanol–water partition coefficient (Wildman–Crippen LogP) is 2.91. The smallest absolute Gasteiger partial charge is 0.225 e. The van der Waals surface area contributed by atoms with Gasteiger partial charge < -0.3 is 15.2 Å². The zero-order chi connectivity index (χ0) is 16.7. The quantitative estimate of drug-likeness (QED) is 0.764. The van der Waals surface area contributed by atoms with E-state index in [1.165, 1.54) is 6.42 Å². The SMILES string of the molecule is COc1ccc(Cl)cc1NC(=O)CCN1CCCC1CCCO. The molecule has 1 heterocycles. The van der Waals surface area contributed by atoms with E-state index >= 15 is 0 Å². The molecule has 1 aliphatic rings. The Morgan fingerprint density at radius 2 is 2.35 bits per heavy atom. The molecule has 1 aliphatic heterocycles. The third-order valence-corrected chi connectivity index (χ3v) is 4.49. The molecule has 6 heteroatoms. The summed E-state index contributed by atoms with van der Waals surface area (Å²) in [7, 11) is 1.56. The van der Waals surface area contributed by atoms with Crippen LogP contribution in [0.4, 0.5) is 5.69 Å². The van der Waals surface area contributed by atoms with Crippen LogP contribution in [0.5, 0.6) is 5.75 Å². The van der Waals surface area contributed by atoms with E-state index in [2.05, 4.69) is 10.2 Å². The minimum absolute atomic E-state index is 0.0432. The summed E-state index contributed by atoms with van der Waals surface area (Å²) in [6, 6.07) is 5.66. The molecule has 2 N–H and O–H groups in total. The van der Waals surface area contributed by atoms with Gasteiger partial charge in [-0.3, -0.25) is 9.69 Å². The third-order valence-electron chi connectivity index (χ3n) is 4.26. The Hall–Kier alpha value is -1.30. The van der Waals surface area contributed by atoms with Crippen molar-refractivity contribution in [2.24, 2.45) is 0 Å². The Bertz CT molecular complexity index is 525. The van der Waals surface area contributed by atoms with Gasteiger partial charge in [-0.2, -0.15) is 0 Å². The molecule has 23 heavy (non-hydrogen) atoms. The van der Waals surface area contributed by atoms with Gasteiger partial charge in [-0.15, -0.1) is 0 Å². The average molecular weight is 341 g/mol. The van der Waals surface area contributed by atoms with Gasteiger partial charge in [0.05, 0.1) is 12.8 Å². The van der Waals surface area contributed by atoms with Crippen molar-refractivity contribution in [2.45, 2.75) is 38.1 Å². The standard InChI is InChI=1S/C17H25ClN2O3/c1-23-16-7-6-13(18)12-15(16)19-17(22)8-10-20-9-2-4-14(20)5-3-11-21/h6-7,12,14,21H,2-5,8-11H2,1H3,(H,19,22). The van der Waals surface area contributed by atoms with E-state index in [9.17, 15) is 4.79 Å². The molecule has 2 rings (SSSR count). The minimum atomic E-state index is -0.0432. The number of hydrogen-bond donors (Lipinski definition) is 2. The molecule has 1 saturated heterocycles. The Kier molecular flexibility index (Phi) is 7.15. The number of aliphatic hydroxyl groups excluding tert-OH is 1. The highest BCUT2D eigenvalue weighted by molar-refractivity contribution is 6.31. The van der Waals surface area contributed by atoms with Crippen molar-refractivity contribution < 1.29 is 14.6 Å². The molecule has 1 atom stereocenters. The summed E-state index contributed by atoms with van der Waals surface area (Å²) in [5.41, 5.74) is 0.600. The van der Waals surface area contributed by atoms with Gasteiger partial charge in [-0.1, -0.05) is 11.6 Å². The Balaban J connectivity index is 1.84. The van der Waals surface area contributed by atoms with Crippen LogP contribution in [0.3, 0.4) is 0 Å². The van der Waals surface area contributed by atoms with Crippen LogP contribution in [-0.2, 0) is 4.79 Å². The lowest BCUT2D eigenvalue weighted by Crippen LogP contribution is -2.32. The van der Waals surface area contributed by atoms with Crippen LogP contribution in [-0.4, -0.2) is 48.8 Å². The number of anilines is 1. The van der Waals surface area contributed by atoms with Gasteiger partial charge in [0.1, 0.15) is 5.75 Å². The van der Waals surface area contributed by atoms with Crippen LogP contribution in [0.15, 0.2) is 18.2 Å². The Morgan fingerprint density at radius 1 is 1.52 bits per heavy atom. The van der Waals surface area contributed by atoms with E-state index in [0.717, 1.165) is 32.4 Å². The molecule has 0 aliphatic carbocycles. The van der Waals surface area contributed by atoms with Crippen LogP contribution in [0.2, 0.25) is 5.02 Å². The van der Waals surface area contributed by atoms with Gasteiger partial charge in [-0.25, -0.2) is 0 Å². The zero-order valence-corrected chi connectivity index (χ0v) is 14.3. The third kappa shape index (κ3) is 5.37. The van der Waals surface area contributed by atoms with Gasteiger partial charge >= 0.3 is 0 Å². The van der Waals surface area contributed by atoms with Crippen molar-refractivity contribution in [3.63, 3.8) is 0 Å². The number of nitrogens with one attached hydrogen (secondary N) is 1. The molecular weight excluding hydrogens is 316 g/mol. The summed E-state index contributed by atoms with van der Waals surface area (Å²) < 4.78 is 5.23. The average Bonchev–Trinajstić information content (AvgIpc) is 2.98. The van der Waals surface area contributed by atoms with E-state index < -0.39 is 0 Å². The molecule has 0 saturated carbocycles. The summed E-state index contributed by atoms with van der Waals surface area (Å²) in [5.74, 6) is 0.558. The number of likely N-dealkylation sites (tertiary alicyclic amines) is 1. The summed E-state index contributed by atoms with van der Waals surface area (Å²) in [6.45, 7) is 2.01. The van der Waals surface area contributed by atoms with E-state index in [0.29, 0.717) is 28.9 Å². The highest BCUT2D eigenvalue weighted by atomic mass is 35.5. The molecule has 1 unspecified atom stereocenters. The van der Waals surface area contributed by atoms with Gasteiger partial charge in [0.15, 0.2) is 0 Å². The van der Waals surface area contributed by atoms with E-state index in [1.54, 1.807) is 25.3 Å². The predicted molar refractivity (Wildman–Crippen MR) is 92.2 cm³/mol. The summed E-state index contributed by atoms with van der Waals surface area (Å²) in [6.07, 6.45) is 4.59. The molecule has 1 fully saturated rings. The number of ether oxygens (including phenoxy) is 1. The largest absolute Gasteiger partial charge is 0.495 e. The Morgan fingerprint density at radius 3 is 3.09 bits per heavy atom. The molecule has 0 aromatic heterocycles. The van der Waals surface area contributed by atoms with Crippen LogP contribution < -0.4 is 10.1 Å². The van der Waals surface area contributed by atoms with Gasteiger partial charge in [-0.05, 0) is 50.4 Å². The van der Waals surface area contributed by atoms with E-state index in [1.807, 2.05) is 0 Å². The number of benzene rings is 1. The van der Waals surface area contributed by atoms with Gasteiger partial charge in [0, 0.05) is 30.6 Å². The number of methoxy groups -OCH3 is 1. The lowest BCUT2D eigenvalue weighted by Gasteiger charge is -2.24.